The lowest BCUT2D eigenvalue weighted by Crippen LogP contribution is -2.20. The van der Waals surface area contributed by atoms with Crippen LogP contribution in [0.5, 0.6) is 0 Å². The molecule has 2 N–H and O–H groups in total. The Labute approximate surface area is 126 Å². The number of hydrogen-bond acceptors (Lipinski definition) is 2. The molecule has 1 unspecified atom stereocenters. The summed E-state index contributed by atoms with van der Waals surface area (Å²) in [6, 6.07) is 5.96. The highest BCUT2D eigenvalue weighted by molar-refractivity contribution is 9.10. The van der Waals surface area contributed by atoms with Crippen LogP contribution in [0.25, 0.3) is 0 Å². The van der Waals surface area contributed by atoms with E-state index in [0.29, 0.717) is 5.02 Å². The maximum Gasteiger partial charge on any atom is 0.0837 e. The van der Waals surface area contributed by atoms with Crippen molar-refractivity contribution < 1.29 is 0 Å². The summed E-state index contributed by atoms with van der Waals surface area (Å²) in [5.41, 5.74) is 9.44. The molecule has 0 radical (unpaired) electrons. The molecule has 1 heterocycles. The molecule has 102 valence electrons. The van der Waals surface area contributed by atoms with Gasteiger partial charge in [-0.2, -0.15) is 5.10 Å². The second kappa shape index (κ2) is 5.65. The van der Waals surface area contributed by atoms with Crippen LogP contribution in [0.4, 0.5) is 0 Å². The highest BCUT2D eigenvalue weighted by Gasteiger charge is 2.21. The Morgan fingerprint density at radius 2 is 2.05 bits per heavy atom. The van der Waals surface area contributed by atoms with Gasteiger partial charge in [0.15, 0.2) is 0 Å². The molecular formula is C14H17BrClN3. The zero-order valence-electron chi connectivity index (χ0n) is 11.2. The summed E-state index contributed by atoms with van der Waals surface area (Å²) < 4.78 is 2.93. The van der Waals surface area contributed by atoms with E-state index >= 15 is 0 Å². The summed E-state index contributed by atoms with van der Waals surface area (Å²) in [7, 11) is 0. The molecule has 0 aliphatic carbocycles. The number of rotatable bonds is 3. The van der Waals surface area contributed by atoms with Crippen molar-refractivity contribution in [2.24, 2.45) is 5.73 Å². The average Bonchev–Trinajstić information content (AvgIpc) is 2.74. The van der Waals surface area contributed by atoms with Crippen molar-refractivity contribution in [2.45, 2.75) is 32.9 Å². The molecule has 0 amide bonds. The predicted molar refractivity (Wildman–Crippen MR) is 82.5 cm³/mol. The zero-order chi connectivity index (χ0) is 14.2. The van der Waals surface area contributed by atoms with Crippen LogP contribution in [0.3, 0.4) is 0 Å². The molecule has 1 aromatic heterocycles. The molecule has 2 rings (SSSR count). The van der Waals surface area contributed by atoms with Crippen LogP contribution in [0.2, 0.25) is 5.02 Å². The van der Waals surface area contributed by atoms with Gasteiger partial charge in [0.25, 0.3) is 0 Å². The Morgan fingerprint density at radius 1 is 1.37 bits per heavy atom. The van der Waals surface area contributed by atoms with Gasteiger partial charge in [0, 0.05) is 10.5 Å². The number of nitrogens with two attached hydrogens (primary N) is 1. The topological polar surface area (TPSA) is 43.8 Å². The van der Waals surface area contributed by atoms with Crippen LogP contribution in [0.15, 0.2) is 28.9 Å². The fraction of sp³-hybridized carbons (Fsp3) is 0.357. The minimum absolute atomic E-state index is 0.223. The first-order chi connectivity index (χ1) is 8.93. The summed E-state index contributed by atoms with van der Waals surface area (Å²) >= 11 is 9.78. The lowest BCUT2D eigenvalue weighted by atomic mass is 9.99. The van der Waals surface area contributed by atoms with Crippen molar-refractivity contribution in [3.8, 4) is 0 Å². The van der Waals surface area contributed by atoms with Gasteiger partial charge in [0.2, 0.25) is 0 Å². The fourth-order valence-electron chi connectivity index (χ4n) is 2.16. The van der Waals surface area contributed by atoms with Crippen LogP contribution >= 0.6 is 27.5 Å². The molecule has 1 aromatic carbocycles. The number of aromatic nitrogens is 2. The normalized spacial score (nSPS) is 13.0. The van der Waals surface area contributed by atoms with Gasteiger partial charge >= 0.3 is 0 Å². The Kier molecular flexibility index (Phi) is 4.33. The Morgan fingerprint density at radius 3 is 2.68 bits per heavy atom. The van der Waals surface area contributed by atoms with Crippen LogP contribution in [-0.4, -0.2) is 9.78 Å². The number of hydrogen-bond donors (Lipinski definition) is 1. The van der Waals surface area contributed by atoms with Crippen LogP contribution < -0.4 is 5.73 Å². The highest BCUT2D eigenvalue weighted by atomic mass is 79.9. The van der Waals surface area contributed by atoms with E-state index in [2.05, 4.69) is 34.9 Å². The molecule has 0 saturated heterocycles. The number of nitrogens with zero attached hydrogens (tertiary/aromatic N) is 2. The first-order valence-electron chi connectivity index (χ1n) is 6.17. The van der Waals surface area contributed by atoms with Gasteiger partial charge in [0.05, 0.1) is 23.0 Å². The van der Waals surface area contributed by atoms with E-state index in [1.807, 2.05) is 29.8 Å². The van der Waals surface area contributed by atoms with Crippen molar-refractivity contribution in [2.75, 3.05) is 0 Å². The second-order valence-corrected chi connectivity index (χ2v) is 6.11. The van der Waals surface area contributed by atoms with Crippen molar-refractivity contribution in [1.29, 1.82) is 0 Å². The molecule has 0 aliphatic heterocycles. The zero-order valence-corrected chi connectivity index (χ0v) is 13.5. The largest absolute Gasteiger partial charge is 0.319 e. The quantitative estimate of drug-likeness (QED) is 0.907. The van der Waals surface area contributed by atoms with E-state index in [1.165, 1.54) is 0 Å². The van der Waals surface area contributed by atoms with Gasteiger partial charge in [-0.25, -0.2) is 0 Å². The van der Waals surface area contributed by atoms with Gasteiger partial charge in [-0.3, -0.25) is 4.68 Å². The second-order valence-electron chi connectivity index (χ2n) is 4.85. The minimum atomic E-state index is -0.283. The molecule has 0 spiro atoms. The third kappa shape index (κ3) is 2.71. The molecule has 0 saturated carbocycles. The van der Waals surface area contributed by atoms with Crippen LogP contribution in [0, 0.1) is 6.92 Å². The fourth-order valence-corrected chi connectivity index (χ4v) is 2.79. The van der Waals surface area contributed by atoms with Crippen molar-refractivity contribution in [3.05, 3.63) is 50.7 Å². The molecule has 19 heavy (non-hydrogen) atoms. The van der Waals surface area contributed by atoms with Crippen molar-refractivity contribution in [3.63, 3.8) is 0 Å². The van der Waals surface area contributed by atoms with E-state index < -0.39 is 0 Å². The summed E-state index contributed by atoms with van der Waals surface area (Å²) in [6.07, 6.45) is 1.66. The number of halogens is 2. The minimum Gasteiger partial charge on any atom is -0.319 e. The van der Waals surface area contributed by atoms with Crippen LogP contribution in [0.1, 0.15) is 42.8 Å². The predicted octanol–water partition coefficient (Wildman–Crippen LogP) is 4.24. The highest BCUT2D eigenvalue weighted by Crippen LogP contribution is 2.32. The van der Waals surface area contributed by atoms with E-state index in [-0.39, 0.29) is 12.1 Å². The summed E-state index contributed by atoms with van der Waals surface area (Å²) in [5, 5.41) is 4.92. The molecule has 0 aliphatic rings. The van der Waals surface area contributed by atoms with Gasteiger partial charge in [0.1, 0.15) is 0 Å². The first kappa shape index (κ1) is 14.6. The monoisotopic (exact) mass is 341 g/mol. The molecular weight excluding hydrogens is 326 g/mol. The maximum absolute atomic E-state index is 6.40. The van der Waals surface area contributed by atoms with Gasteiger partial charge < -0.3 is 5.73 Å². The standard InChI is InChI=1S/C14H17BrClN3/c1-8(2)19-14(12(16)7-18-19)13(17)10-5-4-6-11(15)9(10)3/h4-8,13H,17H2,1-3H3. The molecule has 5 heteroatoms. The SMILES string of the molecule is Cc1c(Br)cccc1C(N)c1c(Cl)cnn1C(C)C. The molecule has 0 bridgehead atoms. The number of benzene rings is 1. The Hall–Kier alpha value is -0.840. The lowest BCUT2D eigenvalue weighted by Gasteiger charge is -2.19. The third-order valence-corrected chi connectivity index (χ3v) is 4.37. The molecule has 1 atom stereocenters. The van der Waals surface area contributed by atoms with Crippen LogP contribution in [-0.2, 0) is 0 Å². The molecule has 0 fully saturated rings. The Balaban J connectivity index is 2.53. The summed E-state index contributed by atoms with van der Waals surface area (Å²) in [6.45, 7) is 6.17. The van der Waals surface area contributed by atoms with Gasteiger partial charge in [-0.1, -0.05) is 39.7 Å². The van der Waals surface area contributed by atoms with E-state index in [9.17, 15) is 0 Å². The third-order valence-electron chi connectivity index (χ3n) is 3.22. The molecule has 2 aromatic rings. The first-order valence-corrected chi connectivity index (χ1v) is 7.34. The van der Waals surface area contributed by atoms with E-state index in [4.69, 9.17) is 17.3 Å². The van der Waals surface area contributed by atoms with Gasteiger partial charge in [-0.05, 0) is 38.0 Å². The lowest BCUT2D eigenvalue weighted by molar-refractivity contribution is 0.499. The Bertz CT molecular complexity index is 592. The van der Waals surface area contributed by atoms with Crippen molar-refractivity contribution in [1.82, 2.24) is 9.78 Å². The molecule has 3 nitrogen and oxygen atoms in total. The van der Waals surface area contributed by atoms with E-state index in [0.717, 1.165) is 21.3 Å². The van der Waals surface area contributed by atoms with Crippen molar-refractivity contribution >= 4 is 27.5 Å². The van der Waals surface area contributed by atoms with E-state index in [1.54, 1.807) is 6.20 Å². The maximum atomic E-state index is 6.40. The smallest absolute Gasteiger partial charge is 0.0837 e. The van der Waals surface area contributed by atoms with Gasteiger partial charge in [-0.15, -0.1) is 0 Å². The summed E-state index contributed by atoms with van der Waals surface area (Å²) in [5.74, 6) is 0. The summed E-state index contributed by atoms with van der Waals surface area (Å²) in [4.78, 5) is 0. The average molecular weight is 343 g/mol.